The standard InChI is InChI=1S/C24H25NO6/c1-3-14-30-23(27)21(12-13-22(26)29-2)25-24(28)31-15-20-18-10-6-4-8-16(18)17-9-5-7-11-19(17)20/h3-11,20-21H,1,12-15H2,2H3,(H,25,28). The number of benzene rings is 2. The highest BCUT2D eigenvalue weighted by molar-refractivity contribution is 5.82. The molecule has 1 unspecified atom stereocenters. The second-order valence-corrected chi connectivity index (χ2v) is 7.06. The van der Waals surface area contributed by atoms with E-state index in [9.17, 15) is 14.4 Å². The van der Waals surface area contributed by atoms with Gasteiger partial charge in [-0.15, -0.1) is 0 Å². The smallest absolute Gasteiger partial charge is 0.407 e. The normalized spacial score (nSPS) is 12.8. The molecular weight excluding hydrogens is 398 g/mol. The maximum absolute atomic E-state index is 12.4. The lowest BCUT2D eigenvalue weighted by Gasteiger charge is -2.18. The number of ether oxygens (including phenoxy) is 3. The van der Waals surface area contributed by atoms with Crippen LogP contribution in [0.4, 0.5) is 4.79 Å². The van der Waals surface area contributed by atoms with E-state index in [1.165, 1.54) is 13.2 Å². The van der Waals surface area contributed by atoms with Crippen molar-refractivity contribution in [2.45, 2.75) is 24.8 Å². The van der Waals surface area contributed by atoms with Gasteiger partial charge in [0.05, 0.1) is 7.11 Å². The lowest BCUT2D eigenvalue weighted by molar-refractivity contribution is -0.145. The summed E-state index contributed by atoms with van der Waals surface area (Å²) in [4.78, 5) is 36.1. The lowest BCUT2D eigenvalue weighted by atomic mass is 9.98. The maximum atomic E-state index is 12.4. The van der Waals surface area contributed by atoms with Gasteiger partial charge in [-0.05, 0) is 28.7 Å². The highest BCUT2D eigenvalue weighted by Gasteiger charge is 2.30. The first-order valence-corrected chi connectivity index (χ1v) is 10.0. The van der Waals surface area contributed by atoms with Crippen molar-refractivity contribution < 1.29 is 28.6 Å². The largest absolute Gasteiger partial charge is 0.469 e. The van der Waals surface area contributed by atoms with Gasteiger partial charge in [0.1, 0.15) is 19.3 Å². The summed E-state index contributed by atoms with van der Waals surface area (Å²) in [6, 6.07) is 15.0. The van der Waals surface area contributed by atoms with E-state index < -0.39 is 24.1 Å². The molecule has 0 radical (unpaired) electrons. The molecule has 162 valence electrons. The molecule has 0 aliphatic heterocycles. The van der Waals surface area contributed by atoms with Crippen LogP contribution in [0.5, 0.6) is 0 Å². The monoisotopic (exact) mass is 423 g/mol. The minimum Gasteiger partial charge on any atom is -0.469 e. The Morgan fingerprint density at radius 3 is 2.23 bits per heavy atom. The van der Waals surface area contributed by atoms with Gasteiger partial charge in [-0.25, -0.2) is 9.59 Å². The van der Waals surface area contributed by atoms with E-state index in [0.717, 1.165) is 22.3 Å². The van der Waals surface area contributed by atoms with E-state index in [4.69, 9.17) is 9.47 Å². The predicted molar refractivity (Wildman–Crippen MR) is 114 cm³/mol. The SMILES string of the molecule is C=CCOC(=O)C(CCC(=O)OC)NC(=O)OCC1c2ccccc2-c2ccccc21. The molecular formula is C24H25NO6. The molecule has 0 fully saturated rings. The zero-order chi connectivity index (χ0) is 22.2. The van der Waals surface area contributed by atoms with Crippen LogP contribution in [0.2, 0.25) is 0 Å². The summed E-state index contributed by atoms with van der Waals surface area (Å²) < 4.78 is 15.1. The average Bonchev–Trinajstić information content (AvgIpc) is 3.12. The van der Waals surface area contributed by atoms with Crippen molar-refractivity contribution in [3.8, 4) is 11.1 Å². The van der Waals surface area contributed by atoms with Crippen molar-refractivity contribution in [2.24, 2.45) is 0 Å². The zero-order valence-corrected chi connectivity index (χ0v) is 17.3. The topological polar surface area (TPSA) is 90.9 Å². The van der Waals surface area contributed by atoms with Gasteiger partial charge in [0.2, 0.25) is 0 Å². The number of methoxy groups -OCH3 is 1. The predicted octanol–water partition coefficient (Wildman–Crippen LogP) is 3.58. The van der Waals surface area contributed by atoms with Crippen molar-refractivity contribution in [1.82, 2.24) is 5.32 Å². The number of hydrogen-bond donors (Lipinski definition) is 1. The van der Waals surface area contributed by atoms with Crippen LogP contribution in [0.1, 0.15) is 29.9 Å². The first kappa shape index (κ1) is 22.1. The molecule has 0 saturated carbocycles. The van der Waals surface area contributed by atoms with Crippen LogP contribution >= 0.6 is 0 Å². The summed E-state index contributed by atoms with van der Waals surface area (Å²) in [5.41, 5.74) is 4.42. The summed E-state index contributed by atoms with van der Waals surface area (Å²) in [6.07, 6.45) is 0.649. The molecule has 0 heterocycles. The van der Waals surface area contributed by atoms with Crippen LogP contribution in [0.3, 0.4) is 0 Å². The third-order valence-electron chi connectivity index (χ3n) is 5.13. The molecule has 0 saturated heterocycles. The molecule has 7 nitrogen and oxygen atoms in total. The van der Waals surface area contributed by atoms with Gasteiger partial charge in [0.15, 0.2) is 0 Å². The Balaban J connectivity index is 1.65. The molecule has 1 aliphatic rings. The second-order valence-electron chi connectivity index (χ2n) is 7.06. The Bertz CT molecular complexity index is 925. The number of carbonyl (C=O) groups is 3. The van der Waals surface area contributed by atoms with E-state index in [0.29, 0.717) is 0 Å². The van der Waals surface area contributed by atoms with Gasteiger partial charge in [-0.2, -0.15) is 0 Å². The van der Waals surface area contributed by atoms with Crippen molar-refractivity contribution in [3.63, 3.8) is 0 Å². The third kappa shape index (κ3) is 5.31. The van der Waals surface area contributed by atoms with Crippen LogP contribution in [-0.2, 0) is 23.8 Å². The first-order chi connectivity index (χ1) is 15.0. The van der Waals surface area contributed by atoms with Crippen LogP contribution < -0.4 is 5.32 Å². The highest BCUT2D eigenvalue weighted by atomic mass is 16.6. The quantitative estimate of drug-likeness (QED) is 0.377. The molecule has 1 N–H and O–H groups in total. The fraction of sp³-hybridized carbons (Fsp3) is 0.292. The Morgan fingerprint density at radius 2 is 1.65 bits per heavy atom. The summed E-state index contributed by atoms with van der Waals surface area (Å²) in [6.45, 7) is 3.60. The summed E-state index contributed by atoms with van der Waals surface area (Å²) in [5, 5.41) is 2.50. The van der Waals surface area contributed by atoms with E-state index in [-0.39, 0.29) is 32.0 Å². The number of esters is 2. The molecule has 2 aromatic carbocycles. The fourth-order valence-electron chi connectivity index (χ4n) is 3.64. The van der Waals surface area contributed by atoms with E-state index >= 15 is 0 Å². The van der Waals surface area contributed by atoms with Gasteiger partial charge >= 0.3 is 18.0 Å². The molecule has 1 aliphatic carbocycles. The number of nitrogens with one attached hydrogen (secondary N) is 1. The average molecular weight is 423 g/mol. The Morgan fingerprint density at radius 1 is 1.03 bits per heavy atom. The number of rotatable bonds is 9. The molecule has 1 atom stereocenters. The van der Waals surface area contributed by atoms with Gasteiger partial charge in [0.25, 0.3) is 0 Å². The number of fused-ring (bicyclic) bond motifs is 3. The molecule has 1 amide bonds. The third-order valence-corrected chi connectivity index (χ3v) is 5.13. The summed E-state index contributed by atoms with van der Waals surface area (Å²) in [7, 11) is 1.26. The lowest BCUT2D eigenvalue weighted by Crippen LogP contribution is -2.42. The Kier molecular flexibility index (Phi) is 7.43. The molecule has 2 aromatic rings. The summed E-state index contributed by atoms with van der Waals surface area (Å²) in [5.74, 6) is -1.26. The second kappa shape index (κ2) is 10.4. The van der Waals surface area contributed by atoms with Gasteiger partial charge < -0.3 is 19.5 Å². The number of alkyl carbamates (subject to hydrolysis) is 1. The van der Waals surface area contributed by atoms with Crippen LogP contribution in [-0.4, -0.2) is 44.4 Å². The van der Waals surface area contributed by atoms with E-state index in [1.807, 2.05) is 48.5 Å². The van der Waals surface area contributed by atoms with Gasteiger partial charge in [-0.3, -0.25) is 4.79 Å². The van der Waals surface area contributed by atoms with Gasteiger partial charge in [-0.1, -0.05) is 61.2 Å². The van der Waals surface area contributed by atoms with Crippen LogP contribution in [0, 0.1) is 0 Å². The molecule has 7 heteroatoms. The van der Waals surface area contributed by atoms with E-state index in [1.54, 1.807) is 0 Å². The van der Waals surface area contributed by atoms with Gasteiger partial charge in [0, 0.05) is 12.3 Å². The minimum atomic E-state index is -1.03. The number of carbonyl (C=O) groups excluding carboxylic acids is 3. The zero-order valence-electron chi connectivity index (χ0n) is 17.3. The van der Waals surface area contributed by atoms with Crippen molar-refractivity contribution in [2.75, 3.05) is 20.3 Å². The Labute approximate surface area is 181 Å². The minimum absolute atomic E-state index is 0.0000721. The molecule has 3 rings (SSSR count). The number of amides is 1. The summed E-state index contributed by atoms with van der Waals surface area (Å²) >= 11 is 0. The molecule has 0 bridgehead atoms. The molecule has 0 spiro atoms. The van der Waals surface area contributed by atoms with Crippen molar-refractivity contribution in [1.29, 1.82) is 0 Å². The molecule has 31 heavy (non-hydrogen) atoms. The van der Waals surface area contributed by atoms with Crippen molar-refractivity contribution >= 4 is 18.0 Å². The molecule has 0 aromatic heterocycles. The Hall–Kier alpha value is -3.61. The fourth-order valence-corrected chi connectivity index (χ4v) is 3.64. The van der Waals surface area contributed by atoms with Crippen LogP contribution in [0.15, 0.2) is 61.2 Å². The van der Waals surface area contributed by atoms with Crippen molar-refractivity contribution in [3.05, 3.63) is 72.3 Å². The maximum Gasteiger partial charge on any atom is 0.407 e. The number of hydrogen-bond acceptors (Lipinski definition) is 6. The van der Waals surface area contributed by atoms with E-state index in [2.05, 4.69) is 16.6 Å². The van der Waals surface area contributed by atoms with Crippen LogP contribution in [0.25, 0.3) is 11.1 Å². The highest BCUT2D eigenvalue weighted by Crippen LogP contribution is 2.44. The first-order valence-electron chi connectivity index (χ1n) is 10.0.